The number of hydrazine groups is 1. The van der Waals surface area contributed by atoms with Crippen LogP contribution in [0.3, 0.4) is 0 Å². The van der Waals surface area contributed by atoms with Gasteiger partial charge in [0.15, 0.2) is 0 Å². The minimum absolute atomic E-state index is 0.617. The standard InChI is InChI=1S/C15H23N3O/c1-16-18-8-5-14-12(3-2-4-15(14)18)11-17-13-6-9-19-10-7-13/h2-4,13,16-17H,5-11H2,1H3. The maximum Gasteiger partial charge on any atom is 0.0555 e. The molecule has 0 aromatic heterocycles. The van der Waals surface area contributed by atoms with Crippen molar-refractivity contribution in [3.05, 3.63) is 29.3 Å². The van der Waals surface area contributed by atoms with Crippen molar-refractivity contribution in [1.29, 1.82) is 0 Å². The summed E-state index contributed by atoms with van der Waals surface area (Å²) in [5, 5.41) is 5.91. The van der Waals surface area contributed by atoms with E-state index in [1.165, 1.54) is 16.8 Å². The van der Waals surface area contributed by atoms with Crippen LogP contribution in [0.4, 0.5) is 5.69 Å². The monoisotopic (exact) mass is 261 g/mol. The van der Waals surface area contributed by atoms with E-state index in [1.54, 1.807) is 0 Å². The molecule has 0 aliphatic carbocycles. The van der Waals surface area contributed by atoms with Crippen LogP contribution in [-0.2, 0) is 17.7 Å². The van der Waals surface area contributed by atoms with Crippen LogP contribution in [0.15, 0.2) is 18.2 Å². The number of anilines is 1. The molecule has 0 atom stereocenters. The van der Waals surface area contributed by atoms with Crippen molar-refractivity contribution in [3.63, 3.8) is 0 Å². The Kier molecular flexibility index (Phi) is 4.01. The fourth-order valence-electron chi connectivity index (χ4n) is 3.06. The number of hydrogen-bond donors (Lipinski definition) is 2. The van der Waals surface area contributed by atoms with Crippen LogP contribution in [0, 0.1) is 0 Å². The first-order chi connectivity index (χ1) is 9.38. The van der Waals surface area contributed by atoms with Gasteiger partial charge in [-0.3, -0.25) is 0 Å². The van der Waals surface area contributed by atoms with E-state index in [4.69, 9.17) is 4.74 Å². The maximum absolute atomic E-state index is 5.40. The number of ether oxygens (including phenoxy) is 1. The van der Waals surface area contributed by atoms with Crippen LogP contribution in [0.2, 0.25) is 0 Å². The van der Waals surface area contributed by atoms with Crippen LogP contribution >= 0.6 is 0 Å². The summed E-state index contributed by atoms with van der Waals surface area (Å²) in [6, 6.07) is 7.24. The van der Waals surface area contributed by atoms with Crippen LogP contribution in [0.25, 0.3) is 0 Å². The fourth-order valence-corrected chi connectivity index (χ4v) is 3.06. The molecule has 2 heterocycles. The normalized spacial score (nSPS) is 19.7. The van der Waals surface area contributed by atoms with Gasteiger partial charge in [-0.25, -0.2) is 5.43 Å². The highest BCUT2D eigenvalue weighted by Crippen LogP contribution is 2.29. The van der Waals surface area contributed by atoms with Crippen molar-refractivity contribution in [2.24, 2.45) is 0 Å². The maximum atomic E-state index is 5.40. The zero-order valence-corrected chi connectivity index (χ0v) is 11.6. The van der Waals surface area contributed by atoms with E-state index in [2.05, 4.69) is 34.0 Å². The van der Waals surface area contributed by atoms with Gasteiger partial charge in [0.25, 0.3) is 0 Å². The summed E-state index contributed by atoms with van der Waals surface area (Å²) in [5.41, 5.74) is 7.53. The van der Waals surface area contributed by atoms with E-state index in [-0.39, 0.29) is 0 Å². The van der Waals surface area contributed by atoms with Crippen molar-refractivity contribution in [3.8, 4) is 0 Å². The van der Waals surface area contributed by atoms with Crippen LogP contribution in [0.1, 0.15) is 24.0 Å². The summed E-state index contributed by atoms with van der Waals surface area (Å²) >= 11 is 0. The lowest BCUT2D eigenvalue weighted by Gasteiger charge is -2.24. The second kappa shape index (κ2) is 5.90. The van der Waals surface area contributed by atoms with E-state index < -0.39 is 0 Å². The van der Waals surface area contributed by atoms with Crippen molar-refractivity contribution in [2.45, 2.75) is 31.8 Å². The zero-order chi connectivity index (χ0) is 13.1. The minimum Gasteiger partial charge on any atom is -0.381 e. The van der Waals surface area contributed by atoms with E-state index in [1.807, 2.05) is 7.05 Å². The molecule has 104 valence electrons. The molecule has 2 aliphatic rings. The Morgan fingerprint density at radius 2 is 2.16 bits per heavy atom. The smallest absolute Gasteiger partial charge is 0.0555 e. The van der Waals surface area contributed by atoms with Crippen molar-refractivity contribution < 1.29 is 4.74 Å². The molecular formula is C15H23N3O. The predicted octanol–water partition coefficient (Wildman–Crippen LogP) is 1.45. The number of rotatable bonds is 4. The molecule has 19 heavy (non-hydrogen) atoms. The first kappa shape index (κ1) is 12.9. The number of hydrogen-bond acceptors (Lipinski definition) is 4. The topological polar surface area (TPSA) is 36.5 Å². The molecule has 3 rings (SSSR count). The van der Waals surface area contributed by atoms with E-state index in [9.17, 15) is 0 Å². The molecule has 1 aromatic carbocycles. The van der Waals surface area contributed by atoms with Gasteiger partial charge < -0.3 is 15.1 Å². The molecule has 1 aromatic rings. The Labute approximate surface area is 115 Å². The van der Waals surface area contributed by atoms with Gasteiger partial charge in [0.1, 0.15) is 0 Å². The highest BCUT2D eigenvalue weighted by Gasteiger charge is 2.21. The molecule has 2 N–H and O–H groups in total. The number of fused-ring (bicyclic) bond motifs is 1. The SMILES string of the molecule is CNN1CCc2c(CNC3CCOCC3)cccc21. The number of nitrogens with one attached hydrogen (secondary N) is 2. The van der Waals surface area contributed by atoms with E-state index in [0.29, 0.717) is 6.04 Å². The van der Waals surface area contributed by atoms with Crippen molar-refractivity contribution in [2.75, 3.05) is 31.8 Å². The van der Waals surface area contributed by atoms with Gasteiger partial charge in [-0.2, -0.15) is 0 Å². The highest BCUT2D eigenvalue weighted by atomic mass is 16.5. The fraction of sp³-hybridized carbons (Fsp3) is 0.600. The lowest BCUT2D eigenvalue weighted by Crippen LogP contribution is -2.34. The van der Waals surface area contributed by atoms with Gasteiger partial charge in [0, 0.05) is 39.4 Å². The summed E-state index contributed by atoms with van der Waals surface area (Å²) in [6.07, 6.45) is 3.41. The highest BCUT2D eigenvalue weighted by molar-refractivity contribution is 5.60. The molecule has 0 spiro atoms. The Morgan fingerprint density at radius 1 is 1.32 bits per heavy atom. The Bertz CT molecular complexity index is 429. The van der Waals surface area contributed by atoms with E-state index in [0.717, 1.165) is 45.6 Å². The Morgan fingerprint density at radius 3 is 2.95 bits per heavy atom. The molecule has 4 heteroatoms. The quantitative estimate of drug-likeness (QED) is 0.860. The molecule has 0 unspecified atom stereocenters. The summed E-state index contributed by atoms with van der Waals surface area (Å²) in [6.45, 7) is 3.85. The van der Waals surface area contributed by atoms with Gasteiger partial charge in [0.2, 0.25) is 0 Å². The lowest BCUT2D eigenvalue weighted by molar-refractivity contribution is 0.0776. The molecule has 0 radical (unpaired) electrons. The average Bonchev–Trinajstić information content (AvgIpc) is 2.90. The predicted molar refractivity (Wildman–Crippen MR) is 77.2 cm³/mol. The Balaban J connectivity index is 1.66. The van der Waals surface area contributed by atoms with Crippen LogP contribution < -0.4 is 15.8 Å². The van der Waals surface area contributed by atoms with Gasteiger partial charge in [-0.15, -0.1) is 0 Å². The number of benzene rings is 1. The van der Waals surface area contributed by atoms with E-state index >= 15 is 0 Å². The molecule has 0 amide bonds. The van der Waals surface area contributed by atoms with Crippen LogP contribution in [0.5, 0.6) is 0 Å². The first-order valence-electron chi connectivity index (χ1n) is 7.25. The lowest BCUT2D eigenvalue weighted by atomic mass is 10.0. The van der Waals surface area contributed by atoms with Gasteiger partial charge >= 0.3 is 0 Å². The van der Waals surface area contributed by atoms with Gasteiger partial charge in [0.05, 0.1) is 5.69 Å². The summed E-state index contributed by atoms with van der Waals surface area (Å²) in [4.78, 5) is 0. The molecule has 4 nitrogen and oxygen atoms in total. The molecule has 0 bridgehead atoms. The van der Waals surface area contributed by atoms with Crippen molar-refractivity contribution >= 4 is 5.69 Å². The van der Waals surface area contributed by atoms with Gasteiger partial charge in [-0.1, -0.05) is 12.1 Å². The Hall–Kier alpha value is -1.10. The summed E-state index contributed by atoms with van der Waals surface area (Å²) in [5.74, 6) is 0. The third-order valence-corrected chi connectivity index (χ3v) is 4.20. The molecule has 1 saturated heterocycles. The summed E-state index contributed by atoms with van der Waals surface area (Å²) < 4.78 is 5.40. The van der Waals surface area contributed by atoms with Crippen molar-refractivity contribution in [1.82, 2.24) is 10.7 Å². The first-order valence-corrected chi connectivity index (χ1v) is 7.25. The third-order valence-electron chi connectivity index (χ3n) is 4.20. The molecule has 1 fully saturated rings. The third kappa shape index (κ3) is 2.76. The largest absolute Gasteiger partial charge is 0.381 e. The second-order valence-electron chi connectivity index (χ2n) is 5.31. The van der Waals surface area contributed by atoms with Gasteiger partial charge in [-0.05, 0) is 36.5 Å². The molecular weight excluding hydrogens is 238 g/mol. The summed E-state index contributed by atoms with van der Waals surface area (Å²) in [7, 11) is 1.99. The second-order valence-corrected chi connectivity index (χ2v) is 5.31. The zero-order valence-electron chi connectivity index (χ0n) is 11.6. The minimum atomic E-state index is 0.617. The average molecular weight is 261 g/mol. The van der Waals surface area contributed by atoms with Crippen LogP contribution in [-0.4, -0.2) is 32.8 Å². The molecule has 2 aliphatic heterocycles. The number of nitrogens with zero attached hydrogens (tertiary/aromatic N) is 1. The molecule has 0 saturated carbocycles.